The first-order valence-corrected chi connectivity index (χ1v) is 5.71. The lowest BCUT2D eigenvalue weighted by Crippen LogP contribution is -2.18. The third-order valence-corrected chi connectivity index (χ3v) is 2.99. The molecule has 0 bridgehead atoms. The number of nitrogens with two attached hydrogens (primary N) is 1. The molecule has 1 atom stereocenters. The zero-order chi connectivity index (χ0) is 9.97. The zero-order valence-corrected chi connectivity index (χ0v) is 8.88. The van der Waals surface area contributed by atoms with Gasteiger partial charge in [-0.15, -0.1) is 0 Å². The van der Waals surface area contributed by atoms with Crippen molar-refractivity contribution in [1.82, 2.24) is 9.97 Å². The largest absolute Gasteiger partial charge is 0.384 e. The van der Waals surface area contributed by atoms with Gasteiger partial charge in [-0.2, -0.15) is 11.8 Å². The number of nitrogen functional groups attached to an aromatic ring is 1. The van der Waals surface area contributed by atoms with Crippen LogP contribution in [0.1, 0.15) is 17.6 Å². The Morgan fingerprint density at radius 2 is 2.43 bits per heavy atom. The van der Waals surface area contributed by atoms with Crippen LogP contribution in [-0.2, 0) is 4.74 Å². The van der Waals surface area contributed by atoms with E-state index in [9.17, 15) is 0 Å². The van der Waals surface area contributed by atoms with Crippen LogP contribution in [-0.4, -0.2) is 28.1 Å². The van der Waals surface area contributed by atoms with Gasteiger partial charge in [-0.1, -0.05) is 0 Å². The predicted molar refractivity (Wildman–Crippen MR) is 57.2 cm³/mol. The molecule has 1 aromatic heterocycles. The van der Waals surface area contributed by atoms with E-state index in [1.807, 2.05) is 18.7 Å². The predicted octanol–water partition coefficient (Wildman–Crippen LogP) is 1.17. The highest BCUT2D eigenvalue weighted by molar-refractivity contribution is 7.99. The number of aryl methyl sites for hydroxylation is 1. The van der Waals surface area contributed by atoms with Crippen LogP contribution in [0.2, 0.25) is 0 Å². The lowest BCUT2D eigenvalue weighted by Gasteiger charge is -2.21. The van der Waals surface area contributed by atoms with E-state index in [0.29, 0.717) is 5.82 Å². The molecule has 4 nitrogen and oxygen atoms in total. The molecule has 0 saturated carbocycles. The van der Waals surface area contributed by atoms with Crippen LogP contribution in [0.25, 0.3) is 0 Å². The highest BCUT2D eigenvalue weighted by Gasteiger charge is 2.19. The van der Waals surface area contributed by atoms with Gasteiger partial charge >= 0.3 is 0 Å². The topological polar surface area (TPSA) is 61.0 Å². The Kier molecular flexibility index (Phi) is 2.88. The van der Waals surface area contributed by atoms with Gasteiger partial charge in [0.05, 0.1) is 6.61 Å². The summed E-state index contributed by atoms with van der Waals surface area (Å²) in [6, 6.07) is 1.76. The summed E-state index contributed by atoms with van der Waals surface area (Å²) in [6.07, 6.45) is 0.0101. The zero-order valence-electron chi connectivity index (χ0n) is 8.06. The Morgan fingerprint density at radius 1 is 1.57 bits per heavy atom. The fourth-order valence-corrected chi connectivity index (χ4v) is 2.24. The molecule has 0 aliphatic carbocycles. The van der Waals surface area contributed by atoms with E-state index in [-0.39, 0.29) is 6.10 Å². The number of anilines is 1. The summed E-state index contributed by atoms with van der Waals surface area (Å²) in [7, 11) is 0. The van der Waals surface area contributed by atoms with Crippen LogP contribution < -0.4 is 5.73 Å². The number of rotatable bonds is 1. The molecule has 1 fully saturated rings. The van der Waals surface area contributed by atoms with Crippen LogP contribution >= 0.6 is 11.8 Å². The molecular weight excluding hydrogens is 198 g/mol. The Balaban J connectivity index is 2.21. The first-order chi connectivity index (χ1) is 6.75. The van der Waals surface area contributed by atoms with Crippen molar-refractivity contribution < 1.29 is 4.74 Å². The molecule has 0 spiro atoms. The van der Waals surface area contributed by atoms with Crippen molar-refractivity contribution in [1.29, 1.82) is 0 Å². The standard InChI is InChI=1S/C9H13N3OS/c1-6-4-8(10)12-9(11-6)7-5-14-3-2-13-7/h4,7H,2-3,5H2,1H3,(H2,10,11,12). The molecule has 0 radical (unpaired) electrons. The van der Waals surface area contributed by atoms with Gasteiger partial charge in [-0.05, 0) is 6.92 Å². The lowest BCUT2D eigenvalue weighted by atomic mass is 10.3. The van der Waals surface area contributed by atoms with Gasteiger partial charge in [0.15, 0.2) is 5.82 Å². The molecule has 1 aliphatic rings. The maximum Gasteiger partial charge on any atom is 0.160 e. The molecule has 1 unspecified atom stereocenters. The number of nitrogens with zero attached hydrogens (tertiary/aromatic N) is 2. The van der Waals surface area contributed by atoms with Crippen LogP contribution in [0.4, 0.5) is 5.82 Å². The molecule has 5 heteroatoms. The molecule has 76 valence electrons. The van der Waals surface area contributed by atoms with Crippen LogP contribution in [0, 0.1) is 6.92 Å². The van der Waals surface area contributed by atoms with Crippen LogP contribution in [0.3, 0.4) is 0 Å². The van der Waals surface area contributed by atoms with Gasteiger partial charge in [-0.3, -0.25) is 0 Å². The van der Waals surface area contributed by atoms with E-state index < -0.39 is 0 Å². The molecule has 2 N–H and O–H groups in total. The number of thioether (sulfide) groups is 1. The van der Waals surface area contributed by atoms with Crippen molar-refractivity contribution in [2.45, 2.75) is 13.0 Å². The number of hydrogen-bond donors (Lipinski definition) is 1. The van der Waals surface area contributed by atoms with E-state index in [4.69, 9.17) is 10.5 Å². The second-order valence-corrected chi connectivity index (χ2v) is 4.38. The quantitative estimate of drug-likeness (QED) is 0.755. The number of hydrogen-bond acceptors (Lipinski definition) is 5. The monoisotopic (exact) mass is 211 g/mol. The van der Waals surface area contributed by atoms with Crippen molar-refractivity contribution in [2.24, 2.45) is 0 Å². The Bertz CT molecular complexity index is 306. The molecule has 0 amide bonds. The van der Waals surface area contributed by atoms with Gasteiger partial charge in [-0.25, -0.2) is 9.97 Å². The third-order valence-electron chi connectivity index (χ3n) is 2.00. The van der Waals surface area contributed by atoms with Crippen LogP contribution in [0.5, 0.6) is 0 Å². The fourth-order valence-electron chi connectivity index (χ4n) is 1.40. The Hall–Kier alpha value is -0.810. The van der Waals surface area contributed by atoms with Gasteiger partial charge in [0.25, 0.3) is 0 Å². The number of ether oxygens (including phenoxy) is 1. The summed E-state index contributed by atoms with van der Waals surface area (Å²) >= 11 is 1.86. The maximum atomic E-state index is 5.65. The van der Waals surface area contributed by atoms with Gasteiger partial charge in [0.1, 0.15) is 11.9 Å². The first kappa shape index (κ1) is 9.73. The van der Waals surface area contributed by atoms with E-state index >= 15 is 0 Å². The van der Waals surface area contributed by atoms with Gasteiger partial charge in [0.2, 0.25) is 0 Å². The second kappa shape index (κ2) is 4.14. The fraction of sp³-hybridized carbons (Fsp3) is 0.556. The van der Waals surface area contributed by atoms with Crippen molar-refractivity contribution >= 4 is 17.6 Å². The Labute approximate surface area is 87.3 Å². The highest BCUT2D eigenvalue weighted by atomic mass is 32.2. The lowest BCUT2D eigenvalue weighted by molar-refractivity contribution is 0.0694. The molecule has 2 heterocycles. The van der Waals surface area contributed by atoms with E-state index in [2.05, 4.69) is 9.97 Å². The molecule has 14 heavy (non-hydrogen) atoms. The van der Waals surface area contributed by atoms with E-state index in [0.717, 1.165) is 29.6 Å². The van der Waals surface area contributed by atoms with Crippen molar-refractivity contribution in [3.05, 3.63) is 17.6 Å². The minimum absolute atomic E-state index is 0.0101. The summed E-state index contributed by atoms with van der Waals surface area (Å²) in [5, 5.41) is 0. The van der Waals surface area contributed by atoms with Gasteiger partial charge < -0.3 is 10.5 Å². The third kappa shape index (κ3) is 2.16. The molecule has 0 aromatic carbocycles. The smallest absolute Gasteiger partial charge is 0.160 e. The minimum Gasteiger partial charge on any atom is -0.384 e. The second-order valence-electron chi connectivity index (χ2n) is 3.23. The molecule has 1 aromatic rings. The summed E-state index contributed by atoms with van der Waals surface area (Å²) in [5.74, 6) is 3.21. The number of aromatic nitrogens is 2. The van der Waals surface area contributed by atoms with Crippen molar-refractivity contribution in [2.75, 3.05) is 23.8 Å². The Morgan fingerprint density at radius 3 is 3.07 bits per heavy atom. The normalized spacial score (nSPS) is 22.2. The summed E-state index contributed by atoms with van der Waals surface area (Å²) in [4.78, 5) is 8.51. The van der Waals surface area contributed by atoms with Crippen LogP contribution in [0.15, 0.2) is 6.07 Å². The summed E-state index contributed by atoms with van der Waals surface area (Å²) in [6.45, 7) is 2.68. The SMILES string of the molecule is Cc1cc(N)nc(C2CSCCO2)n1. The van der Waals surface area contributed by atoms with E-state index in [1.54, 1.807) is 6.07 Å². The minimum atomic E-state index is 0.0101. The highest BCUT2D eigenvalue weighted by Crippen LogP contribution is 2.24. The first-order valence-electron chi connectivity index (χ1n) is 4.56. The summed E-state index contributed by atoms with van der Waals surface area (Å²) < 4.78 is 5.57. The van der Waals surface area contributed by atoms with Crippen molar-refractivity contribution in [3.8, 4) is 0 Å². The molecule has 1 aliphatic heterocycles. The van der Waals surface area contributed by atoms with Gasteiger partial charge in [0, 0.05) is 23.3 Å². The maximum absolute atomic E-state index is 5.65. The molecule has 2 rings (SSSR count). The average Bonchev–Trinajstić information content (AvgIpc) is 2.18. The molecular formula is C9H13N3OS. The summed E-state index contributed by atoms with van der Waals surface area (Å²) in [5.41, 5.74) is 6.55. The van der Waals surface area contributed by atoms with Crippen molar-refractivity contribution in [3.63, 3.8) is 0 Å². The van der Waals surface area contributed by atoms with E-state index in [1.165, 1.54) is 0 Å². The molecule has 1 saturated heterocycles. The average molecular weight is 211 g/mol.